The molecule has 0 saturated heterocycles. The van der Waals surface area contributed by atoms with Crippen LogP contribution >= 0.6 is 23.2 Å². The van der Waals surface area contributed by atoms with Gasteiger partial charge in [-0.25, -0.2) is 4.68 Å². The zero-order valence-electron chi connectivity index (χ0n) is 15.3. The first-order chi connectivity index (χ1) is 13.4. The Hall–Kier alpha value is -2.83. The van der Waals surface area contributed by atoms with Crippen molar-refractivity contribution in [3.05, 3.63) is 69.6 Å². The molecule has 2 aromatic heterocycles. The summed E-state index contributed by atoms with van der Waals surface area (Å²) in [6, 6.07) is 10.9. The number of carbonyl (C=O) groups is 1. The second-order valence-electron chi connectivity index (χ2n) is 6.56. The number of aromatic nitrogens is 4. The van der Waals surface area contributed by atoms with Gasteiger partial charge in [-0.15, -0.1) is 0 Å². The van der Waals surface area contributed by atoms with E-state index in [1.165, 1.54) is 0 Å². The Bertz CT molecular complexity index is 1190. The van der Waals surface area contributed by atoms with Gasteiger partial charge in [-0.05, 0) is 50.2 Å². The van der Waals surface area contributed by atoms with E-state index >= 15 is 0 Å². The van der Waals surface area contributed by atoms with Gasteiger partial charge in [-0.3, -0.25) is 9.89 Å². The van der Waals surface area contributed by atoms with Crippen LogP contribution in [0.2, 0.25) is 10.0 Å². The molecule has 2 heterocycles. The Morgan fingerprint density at radius 1 is 1.14 bits per heavy atom. The van der Waals surface area contributed by atoms with E-state index in [1.807, 2.05) is 38.1 Å². The van der Waals surface area contributed by atoms with Crippen molar-refractivity contribution in [3.63, 3.8) is 0 Å². The van der Waals surface area contributed by atoms with Crippen molar-refractivity contribution < 1.29 is 4.79 Å². The number of aryl methyl sites for hydroxylation is 1. The van der Waals surface area contributed by atoms with Crippen molar-refractivity contribution in [2.24, 2.45) is 0 Å². The molecule has 0 saturated carbocycles. The summed E-state index contributed by atoms with van der Waals surface area (Å²) in [5.41, 5.74) is 5.01. The van der Waals surface area contributed by atoms with Crippen LogP contribution in [0, 0.1) is 13.8 Å². The molecule has 4 aromatic rings. The molecule has 28 heavy (non-hydrogen) atoms. The zero-order chi connectivity index (χ0) is 19.8. The number of rotatable bonds is 4. The fraction of sp³-hybridized carbons (Fsp3) is 0.150. The largest absolute Gasteiger partial charge is 0.326 e. The summed E-state index contributed by atoms with van der Waals surface area (Å²) in [5.74, 6) is -0.109. The molecule has 0 aliphatic carbocycles. The predicted octanol–water partition coefficient (Wildman–Crippen LogP) is 4.85. The Labute approximate surface area is 171 Å². The molecule has 0 unspecified atom stereocenters. The normalized spacial score (nSPS) is 11.1. The summed E-state index contributed by atoms with van der Waals surface area (Å²) in [6.07, 6.45) is 1.95. The predicted molar refractivity (Wildman–Crippen MR) is 111 cm³/mol. The second kappa shape index (κ2) is 7.30. The van der Waals surface area contributed by atoms with Crippen molar-refractivity contribution in [2.75, 3.05) is 5.32 Å². The van der Waals surface area contributed by atoms with Crippen LogP contribution in [-0.2, 0) is 11.2 Å². The lowest BCUT2D eigenvalue weighted by Gasteiger charge is -2.08. The molecule has 0 atom stereocenters. The maximum atomic E-state index is 12.6. The van der Waals surface area contributed by atoms with Crippen LogP contribution in [0.25, 0.3) is 16.6 Å². The summed E-state index contributed by atoms with van der Waals surface area (Å²) in [7, 11) is 0. The minimum atomic E-state index is -0.109. The first-order valence-electron chi connectivity index (χ1n) is 8.66. The second-order valence-corrected chi connectivity index (χ2v) is 7.37. The van der Waals surface area contributed by atoms with E-state index in [1.54, 1.807) is 23.0 Å². The van der Waals surface area contributed by atoms with Gasteiger partial charge in [-0.2, -0.15) is 10.2 Å². The van der Waals surface area contributed by atoms with Crippen LogP contribution in [0.3, 0.4) is 0 Å². The zero-order valence-corrected chi connectivity index (χ0v) is 16.8. The third-order valence-corrected chi connectivity index (χ3v) is 5.39. The molecule has 142 valence electrons. The standard InChI is InChI=1S/C20H17Cl2N5O/c1-11-16(12(2)27(26-11)15-4-5-17(21)18(22)8-15)9-20(28)24-14-3-6-19-13(7-14)10-23-25-19/h3-8,10H,9H2,1-2H3,(H,23,25)(H,24,28). The minimum absolute atomic E-state index is 0.109. The monoisotopic (exact) mass is 413 g/mol. The number of benzene rings is 2. The van der Waals surface area contributed by atoms with Gasteiger partial charge in [-0.1, -0.05) is 23.2 Å². The number of hydrogen-bond acceptors (Lipinski definition) is 3. The molecule has 4 rings (SSSR count). The summed E-state index contributed by atoms with van der Waals surface area (Å²) in [4.78, 5) is 12.6. The highest BCUT2D eigenvalue weighted by Crippen LogP contribution is 2.26. The van der Waals surface area contributed by atoms with E-state index in [2.05, 4.69) is 20.6 Å². The third-order valence-electron chi connectivity index (χ3n) is 4.65. The summed E-state index contributed by atoms with van der Waals surface area (Å²) >= 11 is 12.1. The van der Waals surface area contributed by atoms with Crippen molar-refractivity contribution >= 4 is 45.7 Å². The molecule has 2 aromatic carbocycles. The number of nitrogens with one attached hydrogen (secondary N) is 2. The van der Waals surface area contributed by atoms with Crippen molar-refractivity contribution in [2.45, 2.75) is 20.3 Å². The molecule has 0 fully saturated rings. The number of fused-ring (bicyclic) bond motifs is 1. The lowest BCUT2D eigenvalue weighted by molar-refractivity contribution is -0.115. The van der Waals surface area contributed by atoms with E-state index in [4.69, 9.17) is 23.2 Å². The third kappa shape index (κ3) is 3.48. The summed E-state index contributed by atoms with van der Waals surface area (Å²) < 4.78 is 1.78. The van der Waals surface area contributed by atoms with Crippen LogP contribution in [0.4, 0.5) is 5.69 Å². The maximum Gasteiger partial charge on any atom is 0.228 e. The van der Waals surface area contributed by atoms with E-state index < -0.39 is 0 Å². The quantitative estimate of drug-likeness (QED) is 0.501. The fourth-order valence-electron chi connectivity index (χ4n) is 3.19. The van der Waals surface area contributed by atoms with Crippen LogP contribution in [0.5, 0.6) is 0 Å². The molecule has 1 amide bonds. The number of carbonyl (C=O) groups excluding carboxylic acids is 1. The number of amides is 1. The smallest absolute Gasteiger partial charge is 0.228 e. The molecule has 2 N–H and O–H groups in total. The number of halogens is 2. The van der Waals surface area contributed by atoms with Gasteiger partial charge >= 0.3 is 0 Å². The van der Waals surface area contributed by atoms with Crippen LogP contribution in [0.15, 0.2) is 42.6 Å². The lowest BCUT2D eigenvalue weighted by Crippen LogP contribution is -2.15. The number of nitrogens with zero attached hydrogens (tertiary/aromatic N) is 3. The van der Waals surface area contributed by atoms with Gasteiger partial charge in [0.15, 0.2) is 0 Å². The van der Waals surface area contributed by atoms with Crippen LogP contribution in [-0.4, -0.2) is 25.9 Å². The van der Waals surface area contributed by atoms with Gasteiger partial charge in [0.1, 0.15) is 0 Å². The average Bonchev–Trinajstić information content (AvgIpc) is 3.23. The van der Waals surface area contributed by atoms with Crippen molar-refractivity contribution in [3.8, 4) is 5.69 Å². The molecule has 0 aliphatic rings. The van der Waals surface area contributed by atoms with Crippen molar-refractivity contribution in [1.82, 2.24) is 20.0 Å². The molecule has 0 bridgehead atoms. The Morgan fingerprint density at radius 3 is 2.75 bits per heavy atom. The summed E-state index contributed by atoms with van der Waals surface area (Å²) in [6.45, 7) is 3.82. The SMILES string of the molecule is Cc1nn(-c2ccc(Cl)c(Cl)c2)c(C)c1CC(=O)Nc1ccc2[nH]ncc2c1. The van der Waals surface area contributed by atoms with E-state index in [0.29, 0.717) is 10.0 Å². The molecule has 6 nitrogen and oxygen atoms in total. The van der Waals surface area contributed by atoms with Gasteiger partial charge in [0.2, 0.25) is 5.91 Å². The first kappa shape index (κ1) is 18.5. The highest BCUT2D eigenvalue weighted by molar-refractivity contribution is 6.42. The van der Waals surface area contributed by atoms with Gasteiger partial charge < -0.3 is 5.32 Å². The molecular formula is C20H17Cl2N5O. The van der Waals surface area contributed by atoms with Gasteiger partial charge in [0.05, 0.1) is 39.6 Å². The fourth-order valence-corrected chi connectivity index (χ4v) is 3.48. The number of aromatic amines is 1. The molecule has 0 aliphatic heterocycles. The topological polar surface area (TPSA) is 75.6 Å². The minimum Gasteiger partial charge on any atom is -0.326 e. The number of hydrogen-bond donors (Lipinski definition) is 2. The van der Waals surface area contributed by atoms with E-state index in [0.717, 1.165) is 39.2 Å². The summed E-state index contributed by atoms with van der Waals surface area (Å²) in [5, 5.41) is 16.3. The van der Waals surface area contributed by atoms with Crippen molar-refractivity contribution in [1.29, 1.82) is 0 Å². The molecule has 0 spiro atoms. The highest BCUT2D eigenvalue weighted by Gasteiger charge is 2.17. The first-order valence-corrected chi connectivity index (χ1v) is 9.41. The number of anilines is 1. The Balaban J connectivity index is 1.56. The molecule has 0 radical (unpaired) electrons. The Kier molecular flexibility index (Phi) is 4.83. The molecular weight excluding hydrogens is 397 g/mol. The lowest BCUT2D eigenvalue weighted by atomic mass is 10.1. The van der Waals surface area contributed by atoms with E-state index in [-0.39, 0.29) is 12.3 Å². The van der Waals surface area contributed by atoms with Crippen LogP contribution in [0.1, 0.15) is 17.0 Å². The van der Waals surface area contributed by atoms with Gasteiger partial charge in [0, 0.05) is 22.3 Å². The molecule has 8 heteroatoms. The number of H-pyrrole nitrogens is 1. The Morgan fingerprint density at radius 2 is 1.96 bits per heavy atom. The highest BCUT2D eigenvalue weighted by atomic mass is 35.5. The van der Waals surface area contributed by atoms with Gasteiger partial charge in [0.25, 0.3) is 0 Å². The van der Waals surface area contributed by atoms with Crippen LogP contribution < -0.4 is 5.32 Å². The maximum absolute atomic E-state index is 12.6. The van der Waals surface area contributed by atoms with E-state index in [9.17, 15) is 4.79 Å². The average molecular weight is 414 g/mol.